The van der Waals surface area contributed by atoms with Crippen LogP contribution in [0.3, 0.4) is 0 Å². The number of non-ortho nitro benzene ring substituents is 1. The average Bonchev–Trinajstić information content (AvgIpc) is 2.26. The number of hydrogen-bond acceptors (Lipinski definition) is 2. The highest BCUT2D eigenvalue weighted by molar-refractivity contribution is 9.10. The van der Waals surface area contributed by atoms with E-state index in [2.05, 4.69) is 45.7 Å². The van der Waals surface area contributed by atoms with Gasteiger partial charge in [0.1, 0.15) is 0 Å². The van der Waals surface area contributed by atoms with Gasteiger partial charge in [0.2, 0.25) is 0 Å². The van der Waals surface area contributed by atoms with Crippen molar-refractivity contribution in [2.75, 3.05) is 0 Å². The van der Waals surface area contributed by atoms with E-state index >= 15 is 0 Å². The van der Waals surface area contributed by atoms with Crippen LogP contribution >= 0.6 is 31.9 Å². The van der Waals surface area contributed by atoms with Gasteiger partial charge in [-0.1, -0.05) is 58.2 Å². The van der Waals surface area contributed by atoms with Crippen molar-refractivity contribution in [2.24, 2.45) is 5.92 Å². The predicted octanol–water partition coefficient (Wildman–Crippen LogP) is 4.71. The number of nitro groups is 1. The van der Waals surface area contributed by atoms with Crippen LogP contribution in [0.15, 0.2) is 22.7 Å². The fourth-order valence-electron chi connectivity index (χ4n) is 1.73. The molecular formula is C12H15Br2NO2. The van der Waals surface area contributed by atoms with Crippen molar-refractivity contribution >= 4 is 37.5 Å². The molecule has 0 aliphatic rings. The Balaban J connectivity index is 2.89. The van der Waals surface area contributed by atoms with Gasteiger partial charge in [0.15, 0.2) is 0 Å². The smallest absolute Gasteiger partial charge is 0.258 e. The van der Waals surface area contributed by atoms with E-state index in [9.17, 15) is 10.1 Å². The quantitative estimate of drug-likeness (QED) is 0.431. The zero-order valence-electron chi connectivity index (χ0n) is 9.82. The van der Waals surface area contributed by atoms with Gasteiger partial charge in [-0.3, -0.25) is 10.1 Å². The minimum absolute atomic E-state index is 0.126. The van der Waals surface area contributed by atoms with Crippen LogP contribution in [0.1, 0.15) is 25.8 Å². The first-order valence-corrected chi connectivity index (χ1v) is 7.23. The number of nitrogens with zero attached hydrogens (tertiary/aromatic N) is 1. The number of rotatable bonds is 5. The summed E-state index contributed by atoms with van der Waals surface area (Å²) < 4.78 is 0.818. The van der Waals surface area contributed by atoms with Crippen molar-refractivity contribution in [1.82, 2.24) is 0 Å². The summed E-state index contributed by atoms with van der Waals surface area (Å²) in [7, 11) is 0. The minimum Gasteiger partial charge on any atom is -0.258 e. The fourth-order valence-corrected chi connectivity index (χ4v) is 2.82. The Bertz CT molecular complexity index is 407. The Labute approximate surface area is 118 Å². The van der Waals surface area contributed by atoms with Crippen molar-refractivity contribution in [2.45, 2.75) is 31.5 Å². The summed E-state index contributed by atoms with van der Waals surface area (Å²) >= 11 is 7.00. The van der Waals surface area contributed by atoms with Crippen molar-refractivity contribution < 1.29 is 4.92 Å². The van der Waals surface area contributed by atoms with Crippen LogP contribution in [0.5, 0.6) is 0 Å². The molecule has 17 heavy (non-hydrogen) atoms. The van der Waals surface area contributed by atoms with E-state index in [0.717, 1.165) is 22.9 Å². The standard InChI is InChI=1S/C12H15Br2NO2/c1-3-9(8(2)13)6-10-4-5-11(15(16)17)7-12(10)14/h4-5,7-9H,3,6H2,1-2H3. The molecule has 5 heteroatoms. The molecule has 0 radical (unpaired) electrons. The first-order valence-electron chi connectivity index (χ1n) is 5.52. The van der Waals surface area contributed by atoms with Gasteiger partial charge in [-0.2, -0.15) is 0 Å². The lowest BCUT2D eigenvalue weighted by Crippen LogP contribution is -2.13. The number of alkyl halides is 1. The summed E-state index contributed by atoms with van der Waals surface area (Å²) in [4.78, 5) is 10.7. The molecule has 0 bridgehead atoms. The second kappa shape index (κ2) is 6.50. The summed E-state index contributed by atoms with van der Waals surface area (Å²) in [5.74, 6) is 0.535. The van der Waals surface area contributed by atoms with E-state index < -0.39 is 0 Å². The lowest BCUT2D eigenvalue weighted by molar-refractivity contribution is -0.384. The molecule has 0 heterocycles. The number of halogens is 2. The van der Waals surface area contributed by atoms with Crippen molar-refractivity contribution in [3.63, 3.8) is 0 Å². The third-order valence-corrected chi connectivity index (χ3v) is 4.39. The highest BCUT2D eigenvalue weighted by Crippen LogP contribution is 2.28. The van der Waals surface area contributed by atoms with Gasteiger partial charge in [-0.05, 0) is 17.9 Å². The van der Waals surface area contributed by atoms with Crippen molar-refractivity contribution in [3.8, 4) is 0 Å². The molecule has 0 saturated carbocycles. The summed E-state index contributed by atoms with van der Waals surface area (Å²) in [6, 6.07) is 4.97. The largest absolute Gasteiger partial charge is 0.270 e. The monoisotopic (exact) mass is 363 g/mol. The predicted molar refractivity (Wildman–Crippen MR) is 76.7 cm³/mol. The molecule has 1 rings (SSSR count). The van der Waals surface area contributed by atoms with Crippen LogP contribution in [-0.2, 0) is 6.42 Å². The third-order valence-electron chi connectivity index (χ3n) is 2.90. The molecule has 3 nitrogen and oxygen atoms in total. The zero-order valence-corrected chi connectivity index (χ0v) is 13.0. The average molecular weight is 365 g/mol. The van der Waals surface area contributed by atoms with Crippen LogP contribution in [0.2, 0.25) is 0 Å². The maximum Gasteiger partial charge on any atom is 0.270 e. The Hall–Kier alpha value is -0.420. The molecule has 0 amide bonds. The number of nitro benzene ring substituents is 1. The second-order valence-corrected chi connectivity index (χ2v) is 6.38. The summed E-state index contributed by atoms with van der Waals surface area (Å²) in [6.45, 7) is 4.29. The van der Waals surface area contributed by atoms with Gasteiger partial charge in [-0.25, -0.2) is 0 Å². The van der Waals surface area contributed by atoms with Crippen LogP contribution in [0.4, 0.5) is 5.69 Å². The van der Waals surface area contributed by atoms with Gasteiger partial charge in [0, 0.05) is 21.4 Å². The normalized spacial score (nSPS) is 14.4. The molecule has 0 fully saturated rings. The molecule has 0 aliphatic carbocycles. The van der Waals surface area contributed by atoms with Gasteiger partial charge >= 0.3 is 0 Å². The highest BCUT2D eigenvalue weighted by Gasteiger charge is 2.16. The molecule has 94 valence electrons. The van der Waals surface area contributed by atoms with Gasteiger partial charge in [0.05, 0.1) is 4.92 Å². The van der Waals surface area contributed by atoms with Crippen LogP contribution in [0, 0.1) is 16.0 Å². The molecule has 0 aliphatic heterocycles. The van der Waals surface area contributed by atoms with Gasteiger partial charge < -0.3 is 0 Å². The molecule has 1 aromatic rings. The molecule has 0 saturated heterocycles. The SMILES string of the molecule is CCC(Cc1ccc([N+](=O)[O-])cc1Br)C(C)Br. The van der Waals surface area contributed by atoms with Gasteiger partial charge in [0.25, 0.3) is 5.69 Å². The molecule has 1 aromatic carbocycles. The van der Waals surface area contributed by atoms with Crippen molar-refractivity contribution in [1.29, 1.82) is 0 Å². The van der Waals surface area contributed by atoms with Crippen LogP contribution in [-0.4, -0.2) is 9.75 Å². The first-order chi connectivity index (χ1) is 7.95. The molecule has 0 N–H and O–H groups in total. The second-order valence-electron chi connectivity index (χ2n) is 4.08. The summed E-state index contributed by atoms with van der Waals surface area (Å²) in [6.07, 6.45) is 2.00. The maximum atomic E-state index is 10.6. The summed E-state index contributed by atoms with van der Waals surface area (Å²) in [5.41, 5.74) is 1.24. The third kappa shape index (κ3) is 4.07. The summed E-state index contributed by atoms with van der Waals surface area (Å²) in [5, 5.41) is 10.6. The Morgan fingerprint density at radius 2 is 2.12 bits per heavy atom. The maximum absolute atomic E-state index is 10.6. The topological polar surface area (TPSA) is 43.1 Å². The van der Waals surface area contributed by atoms with E-state index in [4.69, 9.17) is 0 Å². The van der Waals surface area contributed by atoms with E-state index in [0.29, 0.717) is 10.7 Å². The number of benzene rings is 1. The number of hydrogen-bond donors (Lipinski definition) is 0. The van der Waals surface area contributed by atoms with E-state index in [1.807, 2.05) is 6.07 Å². The highest BCUT2D eigenvalue weighted by atomic mass is 79.9. The van der Waals surface area contributed by atoms with Crippen LogP contribution in [0.25, 0.3) is 0 Å². The van der Waals surface area contributed by atoms with Crippen LogP contribution < -0.4 is 0 Å². The molecule has 2 unspecified atom stereocenters. The zero-order chi connectivity index (χ0) is 13.0. The van der Waals surface area contributed by atoms with Gasteiger partial charge in [-0.15, -0.1) is 0 Å². The molecule has 0 spiro atoms. The molecule has 2 atom stereocenters. The fraction of sp³-hybridized carbons (Fsp3) is 0.500. The lowest BCUT2D eigenvalue weighted by atomic mass is 9.94. The minimum atomic E-state index is -0.376. The van der Waals surface area contributed by atoms with Crippen molar-refractivity contribution in [3.05, 3.63) is 38.3 Å². The molecular weight excluding hydrogens is 350 g/mol. The Morgan fingerprint density at radius 1 is 1.47 bits per heavy atom. The molecule has 0 aromatic heterocycles. The van der Waals surface area contributed by atoms with E-state index in [-0.39, 0.29) is 10.6 Å². The Morgan fingerprint density at radius 3 is 2.53 bits per heavy atom. The van der Waals surface area contributed by atoms with E-state index in [1.165, 1.54) is 0 Å². The lowest BCUT2D eigenvalue weighted by Gasteiger charge is -2.18. The van der Waals surface area contributed by atoms with E-state index in [1.54, 1.807) is 12.1 Å². The first kappa shape index (κ1) is 14.6. The Kier molecular flexibility index (Phi) is 5.59.